The van der Waals surface area contributed by atoms with Crippen LogP contribution in [0.25, 0.3) is 22.5 Å². The van der Waals surface area contributed by atoms with Gasteiger partial charge in [0, 0.05) is 18.5 Å². The van der Waals surface area contributed by atoms with Gasteiger partial charge in [0.1, 0.15) is 18.5 Å². The fourth-order valence-electron chi connectivity index (χ4n) is 4.39. The summed E-state index contributed by atoms with van der Waals surface area (Å²) in [4.78, 5) is 17.4. The Balaban J connectivity index is 1.55. The van der Waals surface area contributed by atoms with Crippen LogP contribution >= 0.6 is 23.4 Å². The molecule has 2 aromatic carbocycles. The second-order valence-electron chi connectivity index (χ2n) is 9.16. The fourth-order valence-corrected chi connectivity index (χ4v) is 5.11. The highest BCUT2D eigenvalue weighted by Crippen LogP contribution is 2.30. The maximum absolute atomic E-state index is 12.7. The summed E-state index contributed by atoms with van der Waals surface area (Å²) in [6, 6.07) is 16.0. The molecule has 0 aliphatic heterocycles. The largest absolute Gasteiger partial charge is 0.458 e. The molecule has 0 aliphatic rings. The van der Waals surface area contributed by atoms with Crippen LogP contribution in [0.4, 0.5) is 0 Å². The maximum atomic E-state index is 12.7. The molecule has 2 N–H and O–H groups in total. The Morgan fingerprint density at radius 2 is 1.95 bits per heavy atom. The van der Waals surface area contributed by atoms with E-state index in [0.717, 1.165) is 53.1 Å². The van der Waals surface area contributed by atoms with Gasteiger partial charge in [0.05, 0.1) is 5.69 Å². The van der Waals surface area contributed by atoms with E-state index in [1.165, 1.54) is 0 Å². The van der Waals surface area contributed by atoms with Crippen LogP contribution in [0.2, 0.25) is 5.15 Å². The number of carbonyl (C=O) groups excluding carboxylic acids is 1. The van der Waals surface area contributed by atoms with Crippen LogP contribution in [0.5, 0.6) is 0 Å². The summed E-state index contributed by atoms with van der Waals surface area (Å²) < 4.78 is 7.79. The van der Waals surface area contributed by atoms with E-state index in [9.17, 15) is 4.79 Å². The van der Waals surface area contributed by atoms with E-state index in [2.05, 4.69) is 66.7 Å². The van der Waals surface area contributed by atoms with E-state index >= 15 is 0 Å². The number of ether oxygens (including phenoxy) is 1. The van der Waals surface area contributed by atoms with Crippen molar-refractivity contribution in [2.75, 3.05) is 19.1 Å². The molecule has 9 nitrogen and oxygen atoms in total. The number of aromatic nitrogens is 6. The van der Waals surface area contributed by atoms with Crippen molar-refractivity contribution in [1.82, 2.24) is 35.5 Å². The molecule has 11 heteroatoms. The second kappa shape index (κ2) is 14.3. The molecule has 4 aromatic rings. The third kappa shape index (κ3) is 7.26. The Morgan fingerprint density at radius 3 is 2.62 bits per heavy atom. The van der Waals surface area contributed by atoms with Crippen molar-refractivity contribution in [2.45, 2.75) is 51.8 Å². The lowest BCUT2D eigenvalue weighted by molar-refractivity contribution is -0.147. The highest BCUT2D eigenvalue weighted by atomic mass is 35.5. The topological polar surface area (TPSA) is 111 Å². The smallest absolute Gasteiger partial charge is 0.323 e. The average Bonchev–Trinajstić information content (AvgIpc) is 3.60. The monoisotopic (exact) mass is 567 g/mol. The normalized spacial score (nSPS) is 12.0. The first kappa shape index (κ1) is 28.8. The molecular formula is C28H34ClN7O2S. The van der Waals surface area contributed by atoms with Crippen molar-refractivity contribution in [2.24, 2.45) is 0 Å². The molecule has 0 saturated carbocycles. The van der Waals surface area contributed by atoms with Gasteiger partial charge in [-0.25, -0.2) is 4.98 Å². The van der Waals surface area contributed by atoms with Crippen LogP contribution in [-0.4, -0.2) is 61.2 Å². The number of carbonyl (C=O) groups is 1. The Labute approximate surface area is 238 Å². The highest BCUT2D eigenvalue weighted by Gasteiger charge is 2.21. The van der Waals surface area contributed by atoms with Crippen LogP contribution in [-0.2, 0) is 29.1 Å². The molecule has 0 unspecified atom stereocenters. The minimum atomic E-state index is -0.352. The van der Waals surface area contributed by atoms with E-state index < -0.39 is 0 Å². The molecular weight excluding hydrogens is 534 g/mol. The molecule has 0 spiro atoms. The zero-order valence-electron chi connectivity index (χ0n) is 22.5. The van der Waals surface area contributed by atoms with E-state index in [1.807, 2.05) is 30.5 Å². The quantitative estimate of drug-likeness (QED) is 0.201. The van der Waals surface area contributed by atoms with Gasteiger partial charge in [-0.2, -0.15) is 17.0 Å². The Morgan fingerprint density at radius 1 is 1.18 bits per heavy atom. The van der Waals surface area contributed by atoms with Gasteiger partial charge in [0.2, 0.25) is 5.82 Å². The lowest BCUT2D eigenvalue weighted by Gasteiger charge is -2.16. The summed E-state index contributed by atoms with van der Waals surface area (Å²) in [6.45, 7) is 2.79. The van der Waals surface area contributed by atoms with Crippen LogP contribution < -0.4 is 5.32 Å². The Bertz CT molecular complexity index is 1340. The van der Waals surface area contributed by atoms with Gasteiger partial charge < -0.3 is 14.6 Å². The third-order valence-corrected chi connectivity index (χ3v) is 7.52. The lowest BCUT2D eigenvalue weighted by Crippen LogP contribution is -2.36. The highest BCUT2D eigenvalue weighted by molar-refractivity contribution is 7.98. The standard InChI is InChI=1S/C28H34ClN7O2S/c1-4-5-10-25-31-26(29)24(18-38-28(37)23(30-2)15-16-39-3)36(25)17-19-11-13-20(14-12-19)21-8-6-7-9-22(21)27-32-34-35-33-27/h6-9,11-14,23,30H,4-5,10,15-18H2,1-3H3,(H,32,33,34,35)/t23-/m1/s1. The van der Waals surface area contributed by atoms with Gasteiger partial charge in [-0.15, -0.1) is 10.2 Å². The minimum absolute atomic E-state index is 0.0738. The van der Waals surface area contributed by atoms with Crippen molar-refractivity contribution >= 4 is 29.3 Å². The number of esters is 1. The summed E-state index contributed by atoms with van der Waals surface area (Å²) in [5.74, 6) is 2.04. The Kier molecular flexibility index (Phi) is 10.5. The molecule has 1 atom stereocenters. The zero-order valence-corrected chi connectivity index (χ0v) is 24.1. The number of aromatic amines is 1. The number of hydrogen-bond donors (Lipinski definition) is 2. The number of imidazole rings is 1. The minimum Gasteiger partial charge on any atom is -0.458 e. The van der Waals surface area contributed by atoms with Gasteiger partial charge in [-0.3, -0.25) is 4.79 Å². The first-order valence-electron chi connectivity index (χ1n) is 13.0. The summed E-state index contributed by atoms with van der Waals surface area (Å²) >= 11 is 8.29. The molecule has 39 heavy (non-hydrogen) atoms. The van der Waals surface area contributed by atoms with E-state index in [4.69, 9.17) is 16.3 Å². The first-order valence-corrected chi connectivity index (χ1v) is 14.8. The molecule has 0 radical (unpaired) electrons. The molecule has 4 rings (SSSR count). The third-order valence-electron chi connectivity index (χ3n) is 6.57. The summed E-state index contributed by atoms with van der Waals surface area (Å²) in [6.07, 6.45) is 5.56. The van der Waals surface area contributed by atoms with Crippen LogP contribution in [0, 0.1) is 0 Å². The van der Waals surface area contributed by atoms with Crippen molar-refractivity contribution < 1.29 is 9.53 Å². The molecule has 0 aliphatic carbocycles. The summed E-state index contributed by atoms with van der Waals surface area (Å²) in [5, 5.41) is 17.9. The number of halogens is 1. The number of aryl methyl sites for hydroxylation is 1. The molecule has 0 bridgehead atoms. The Hall–Kier alpha value is -3.21. The number of hydrogen-bond acceptors (Lipinski definition) is 8. The van der Waals surface area contributed by atoms with Gasteiger partial charge in [0.25, 0.3) is 0 Å². The summed E-state index contributed by atoms with van der Waals surface area (Å²) in [7, 11) is 1.77. The first-order chi connectivity index (χ1) is 19.0. The number of H-pyrrole nitrogens is 1. The maximum Gasteiger partial charge on any atom is 0.323 e. The number of thioether (sulfide) groups is 1. The number of benzene rings is 2. The second-order valence-corrected chi connectivity index (χ2v) is 10.5. The number of tetrazole rings is 1. The molecule has 2 aromatic heterocycles. The van der Waals surface area contributed by atoms with E-state index in [1.54, 1.807) is 18.8 Å². The molecule has 0 saturated heterocycles. The molecule has 0 amide bonds. The van der Waals surface area contributed by atoms with Gasteiger partial charge in [0.15, 0.2) is 5.15 Å². The number of nitrogens with one attached hydrogen (secondary N) is 2. The SMILES string of the molecule is CCCCc1nc(Cl)c(COC(=O)[C@@H](CCSC)NC)n1Cc1ccc(-c2ccccc2-c2nn[nH]n2)cc1. The van der Waals surface area contributed by atoms with Crippen molar-refractivity contribution in [3.63, 3.8) is 0 Å². The number of unbranched alkanes of at least 4 members (excludes halogenated alkanes) is 1. The average molecular weight is 568 g/mol. The van der Waals surface area contributed by atoms with Crippen molar-refractivity contribution in [1.29, 1.82) is 0 Å². The zero-order chi connectivity index (χ0) is 27.6. The predicted molar refractivity (Wildman–Crippen MR) is 156 cm³/mol. The van der Waals surface area contributed by atoms with Gasteiger partial charge in [-0.1, -0.05) is 73.5 Å². The molecule has 206 valence electrons. The van der Waals surface area contributed by atoms with Crippen LogP contribution in [0.1, 0.15) is 43.3 Å². The van der Waals surface area contributed by atoms with E-state index in [-0.39, 0.29) is 18.6 Å². The van der Waals surface area contributed by atoms with Gasteiger partial charge in [-0.05, 0) is 53.8 Å². The number of nitrogens with zero attached hydrogens (tertiary/aromatic N) is 5. The van der Waals surface area contributed by atoms with Crippen LogP contribution in [0.15, 0.2) is 48.5 Å². The number of rotatable bonds is 14. The fraction of sp³-hybridized carbons (Fsp3) is 0.393. The molecule has 0 fully saturated rings. The van der Waals surface area contributed by atoms with Crippen molar-refractivity contribution in [3.8, 4) is 22.5 Å². The predicted octanol–water partition coefficient (Wildman–Crippen LogP) is 5.16. The lowest BCUT2D eigenvalue weighted by atomic mass is 9.98. The van der Waals surface area contributed by atoms with Gasteiger partial charge >= 0.3 is 5.97 Å². The molecule has 2 heterocycles. The van der Waals surface area contributed by atoms with Crippen LogP contribution in [0.3, 0.4) is 0 Å². The summed E-state index contributed by atoms with van der Waals surface area (Å²) in [5.41, 5.74) is 4.77. The number of likely N-dealkylation sites (N-methyl/N-ethyl adjacent to an activating group) is 1. The van der Waals surface area contributed by atoms with E-state index in [0.29, 0.717) is 29.6 Å². The van der Waals surface area contributed by atoms with Crippen molar-refractivity contribution in [3.05, 3.63) is 70.8 Å².